The van der Waals surface area contributed by atoms with Gasteiger partial charge in [-0.1, -0.05) is 37.3 Å². The highest BCUT2D eigenvalue weighted by molar-refractivity contribution is 5.16. The number of hydrogen-bond acceptors (Lipinski definition) is 3. The molecule has 0 spiro atoms. The highest BCUT2D eigenvalue weighted by Crippen LogP contribution is 2.11. The van der Waals surface area contributed by atoms with Crippen molar-refractivity contribution in [1.29, 1.82) is 0 Å². The fourth-order valence-electron chi connectivity index (χ4n) is 2.49. The van der Waals surface area contributed by atoms with E-state index in [1.807, 2.05) is 6.07 Å². The van der Waals surface area contributed by atoms with Crippen molar-refractivity contribution in [3.05, 3.63) is 35.9 Å². The molecule has 0 saturated heterocycles. The Morgan fingerprint density at radius 2 is 1.94 bits per heavy atom. The molecule has 2 atom stereocenters. The molecule has 0 saturated carbocycles. The Bertz CT molecular complexity index is 316. The zero-order chi connectivity index (χ0) is 13.4. The monoisotopic (exact) mass is 250 g/mol. The standard InChI is InChI=1S/C15H26N2O/c1-4-17(13(2)12-18-3)15(11-16)10-14-8-6-5-7-9-14/h5-9,13,15H,4,10-12,16H2,1-3H3. The summed E-state index contributed by atoms with van der Waals surface area (Å²) in [5.41, 5.74) is 7.29. The number of rotatable bonds is 8. The average molecular weight is 250 g/mol. The van der Waals surface area contributed by atoms with Gasteiger partial charge in [-0.15, -0.1) is 0 Å². The summed E-state index contributed by atoms with van der Waals surface area (Å²) >= 11 is 0. The first-order chi connectivity index (χ1) is 8.72. The summed E-state index contributed by atoms with van der Waals surface area (Å²) in [6, 6.07) is 11.3. The van der Waals surface area contributed by atoms with Crippen LogP contribution in [0.4, 0.5) is 0 Å². The number of benzene rings is 1. The second kappa shape index (κ2) is 8.25. The summed E-state index contributed by atoms with van der Waals surface area (Å²) in [7, 11) is 1.75. The number of likely N-dealkylation sites (N-methyl/N-ethyl adjacent to an activating group) is 1. The molecule has 0 aliphatic carbocycles. The quantitative estimate of drug-likeness (QED) is 0.766. The van der Waals surface area contributed by atoms with Gasteiger partial charge in [0, 0.05) is 25.7 Å². The number of ether oxygens (including phenoxy) is 1. The van der Waals surface area contributed by atoms with Crippen molar-refractivity contribution in [2.75, 3.05) is 26.8 Å². The third-order valence-corrected chi connectivity index (χ3v) is 3.39. The molecule has 1 rings (SSSR count). The van der Waals surface area contributed by atoms with Gasteiger partial charge >= 0.3 is 0 Å². The van der Waals surface area contributed by atoms with Crippen molar-refractivity contribution < 1.29 is 4.74 Å². The van der Waals surface area contributed by atoms with E-state index in [4.69, 9.17) is 10.5 Å². The number of hydrogen-bond donors (Lipinski definition) is 1. The Morgan fingerprint density at radius 1 is 1.28 bits per heavy atom. The minimum atomic E-state index is 0.377. The third-order valence-electron chi connectivity index (χ3n) is 3.39. The second-order valence-electron chi connectivity index (χ2n) is 4.71. The van der Waals surface area contributed by atoms with E-state index in [0.29, 0.717) is 18.6 Å². The lowest BCUT2D eigenvalue weighted by atomic mass is 10.0. The van der Waals surface area contributed by atoms with Crippen molar-refractivity contribution in [3.63, 3.8) is 0 Å². The molecule has 2 unspecified atom stereocenters. The zero-order valence-electron chi connectivity index (χ0n) is 11.8. The normalized spacial score (nSPS) is 14.7. The predicted molar refractivity (Wildman–Crippen MR) is 76.7 cm³/mol. The lowest BCUT2D eigenvalue weighted by Crippen LogP contribution is -2.48. The van der Waals surface area contributed by atoms with Crippen molar-refractivity contribution in [3.8, 4) is 0 Å². The smallest absolute Gasteiger partial charge is 0.0615 e. The fraction of sp³-hybridized carbons (Fsp3) is 0.600. The van der Waals surface area contributed by atoms with E-state index in [0.717, 1.165) is 19.6 Å². The third kappa shape index (κ3) is 4.41. The second-order valence-corrected chi connectivity index (χ2v) is 4.71. The van der Waals surface area contributed by atoms with Gasteiger partial charge in [0.15, 0.2) is 0 Å². The van der Waals surface area contributed by atoms with Gasteiger partial charge in [-0.3, -0.25) is 4.90 Å². The maximum Gasteiger partial charge on any atom is 0.0615 e. The summed E-state index contributed by atoms with van der Waals surface area (Å²) in [4.78, 5) is 2.43. The summed E-state index contributed by atoms with van der Waals surface area (Å²) in [6.07, 6.45) is 0.999. The molecule has 2 N–H and O–H groups in total. The van der Waals surface area contributed by atoms with Gasteiger partial charge < -0.3 is 10.5 Å². The Labute approximate surface area is 111 Å². The molecule has 3 nitrogen and oxygen atoms in total. The highest BCUT2D eigenvalue weighted by Gasteiger charge is 2.21. The summed E-state index contributed by atoms with van der Waals surface area (Å²) < 4.78 is 5.25. The molecule has 0 bridgehead atoms. The van der Waals surface area contributed by atoms with E-state index in [1.165, 1.54) is 5.56 Å². The van der Waals surface area contributed by atoms with Crippen LogP contribution in [-0.2, 0) is 11.2 Å². The van der Waals surface area contributed by atoms with Crippen LogP contribution in [0.3, 0.4) is 0 Å². The predicted octanol–water partition coefficient (Wildman–Crippen LogP) is 1.91. The Kier molecular flexibility index (Phi) is 6.94. The lowest BCUT2D eigenvalue weighted by molar-refractivity contribution is 0.0753. The molecule has 18 heavy (non-hydrogen) atoms. The molecule has 102 valence electrons. The lowest BCUT2D eigenvalue weighted by Gasteiger charge is -2.35. The van der Waals surface area contributed by atoms with E-state index >= 15 is 0 Å². The molecule has 0 heterocycles. The Morgan fingerprint density at radius 3 is 2.44 bits per heavy atom. The van der Waals surface area contributed by atoms with Crippen LogP contribution in [0.5, 0.6) is 0 Å². The van der Waals surface area contributed by atoms with Crippen LogP contribution in [0.2, 0.25) is 0 Å². The maximum atomic E-state index is 5.95. The van der Waals surface area contributed by atoms with Gasteiger partial charge in [-0.2, -0.15) is 0 Å². The molecular formula is C15H26N2O. The molecular weight excluding hydrogens is 224 g/mol. The topological polar surface area (TPSA) is 38.5 Å². The van der Waals surface area contributed by atoms with E-state index in [-0.39, 0.29) is 0 Å². The van der Waals surface area contributed by atoms with Crippen LogP contribution in [-0.4, -0.2) is 43.8 Å². The SMILES string of the molecule is CCN(C(C)COC)C(CN)Cc1ccccc1. The van der Waals surface area contributed by atoms with Crippen molar-refractivity contribution in [1.82, 2.24) is 4.90 Å². The number of nitrogens with two attached hydrogens (primary N) is 1. The fourth-order valence-corrected chi connectivity index (χ4v) is 2.49. The van der Waals surface area contributed by atoms with Crippen molar-refractivity contribution in [2.45, 2.75) is 32.4 Å². The molecule has 1 aromatic carbocycles. The largest absolute Gasteiger partial charge is 0.383 e. The maximum absolute atomic E-state index is 5.95. The summed E-state index contributed by atoms with van der Waals surface area (Å²) in [6.45, 7) is 6.80. The summed E-state index contributed by atoms with van der Waals surface area (Å²) in [5, 5.41) is 0. The molecule has 3 heteroatoms. The van der Waals surface area contributed by atoms with Gasteiger partial charge in [0.2, 0.25) is 0 Å². The van der Waals surface area contributed by atoms with E-state index in [1.54, 1.807) is 7.11 Å². The number of nitrogens with zero attached hydrogens (tertiary/aromatic N) is 1. The van der Waals surface area contributed by atoms with Crippen molar-refractivity contribution in [2.24, 2.45) is 5.73 Å². The average Bonchev–Trinajstić information content (AvgIpc) is 2.40. The number of methoxy groups -OCH3 is 1. The minimum Gasteiger partial charge on any atom is -0.383 e. The van der Waals surface area contributed by atoms with Crippen LogP contribution < -0.4 is 5.73 Å². The van der Waals surface area contributed by atoms with Crippen LogP contribution in [0.1, 0.15) is 19.4 Å². The van der Waals surface area contributed by atoms with Crippen LogP contribution in [0, 0.1) is 0 Å². The Balaban J connectivity index is 2.68. The molecule has 0 aromatic heterocycles. The van der Waals surface area contributed by atoms with E-state index in [2.05, 4.69) is 43.0 Å². The van der Waals surface area contributed by atoms with Crippen molar-refractivity contribution >= 4 is 0 Å². The first-order valence-electron chi connectivity index (χ1n) is 6.71. The molecule has 1 aromatic rings. The first kappa shape index (κ1) is 15.2. The van der Waals surface area contributed by atoms with E-state index < -0.39 is 0 Å². The first-order valence-corrected chi connectivity index (χ1v) is 6.71. The van der Waals surface area contributed by atoms with Crippen LogP contribution in [0.15, 0.2) is 30.3 Å². The molecule has 0 amide bonds. The van der Waals surface area contributed by atoms with E-state index in [9.17, 15) is 0 Å². The van der Waals surface area contributed by atoms with Gasteiger partial charge in [0.05, 0.1) is 6.61 Å². The highest BCUT2D eigenvalue weighted by atomic mass is 16.5. The van der Waals surface area contributed by atoms with Crippen LogP contribution in [0.25, 0.3) is 0 Å². The van der Waals surface area contributed by atoms with Crippen LogP contribution >= 0.6 is 0 Å². The minimum absolute atomic E-state index is 0.377. The van der Waals surface area contributed by atoms with Gasteiger partial charge in [0.1, 0.15) is 0 Å². The molecule has 0 fully saturated rings. The molecule has 0 aliphatic rings. The molecule has 0 aliphatic heterocycles. The Hall–Kier alpha value is -0.900. The van der Waals surface area contributed by atoms with Gasteiger partial charge in [-0.05, 0) is 25.5 Å². The zero-order valence-corrected chi connectivity index (χ0v) is 11.8. The van der Waals surface area contributed by atoms with Gasteiger partial charge in [-0.25, -0.2) is 0 Å². The summed E-state index contributed by atoms with van der Waals surface area (Å²) in [5.74, 6) is 0. The molecule has 0 radical (unpaired) electrons. The van der Waals surface area contributed by atoms with Gasteiger partial charge in [0.25, 0.3) is 0 Å².